The Morgan fingerprint density at radius 2 is 2.17 bits per heavy atom. The smallest absolute Gasteiger partial charge is 0.289 e. The molecule has 4 nitrogen and oxygen atoms in total. The molecule has 1 fully saturated rings. The third-order valence-corrected chi connectivity index (χ3v) is 3.69. The van der Waals surface area contributed by atoms with Gasteiger partial charge in [-0.3, -0.25) is 4.79 Å². The molecule has 0 spiro atoms. The summed E-state index contributed by atoms with van der Waals surface area (Å²) in [6.07, 6.45) is 2.05. The van der Waals surface area contributed by atoms with E-state index in [1.165, 1.54) is 0 Å². The number of amides is 1. The maximum absolute atomic E-state index is 12.1. The number of nitrogens with zero attached hydrogens (tertiary/aromatic N) is 1. The van der Waals surface area contributed by atoms with E-state index in [2.05, 4.69) is 31.9 Å². The SMILES string of the molecule is O=C(c1ccc(Br)o1)N1CCC(OCCBr)CC1. The first-order valence-corrected chi connectivity index (χ1v) is 7.84. The van der Waals surface area contributed by atoms with Gasteiger partial charge in [-0.1, -0.05) is 15.9 Å². The molecule has 2 heterocycles. The Balaban J connectivity index is 1.84. The number of rotatable bonds is 4. The van der Waals surface area contributed by atoms with Crippen LogP contribution in [0.1, 0.15) is 23.4 Å². The predicted octanol–water partition coefficient (Wildman–Crippen LogP) is 3.06. The Hall–Kier alpha value is -0.330. The number of hydrogen-bond donors (Lipinski definition) is 0. The summed E-state index contributed by atoms with van der Waals surface area (Å²) in [5.41, 5.74) is 0. The van der Waals surface area contributed by atoms with Crippen LogP contribution in [0.25, 0.3) is 0 Å². The lowest BCUT2D eigenvalue weighted by Crippen LogP contribution is -2.40. The van der Waals surface area contributed by atoms with E-state index in [-0.39, 0.29) is 12.0 Å². The summed E-state index contributed by atoms with van der Waals surface area (Å²) in [6.45, 7) is 2.18. The lowest BCUT2D eigenvalue weighted by atomic mass is 10.1. The van der Waals surface area contributed by atoms with Crippen molar-refractivity contribution in [3.8, 4) is 0 Å². The molecule has 1 aliphatic rings. The second-order valence-corrected chi connectivity index (χ2v) is 5.73. The summed E-state index contributed by atoms with van der Waals surface area (Å²) >= 11 is 6.54. The Morgan fingerprint density at radius 1 is 1.44 bits per heavy atom. The number of carbonyl (C=O) groups is 1. The molecule has 18 heavy (non-hydrogen) atoms. The first kappa shape index (κ1) is 14.1. The van der Waals surface area contributed by atoms with Crippen LogP contribution in [0.4, 0.5) is 0 Å². The summed E-state index contributed by atoms with van der Waals surface area (Å²) in [5.74, 6) is 0.348. The molecule has 0 bridgehead atoms. The van der Waals surface area contributed by atoms with Crippen molar-refractivity contribution in [3.05, 3.63) is 22.6 Å². The zero-order valence-corrected chi connectivity index (χ0v) is 13.1. The summed E-state index contributed by atoms with van der Waals surface area (Å²) in [7, 11) is 0. The Morgan fingerprint density at radius 3 is 2.72 bits per heavy atom. The monoisotopic (exact) mass is 379 g/mol. The maximum atomic E-state index is 12.1. The summed E-state index contributed by atoms with van der Waals surface area (Å²) in [6, 6.07) is 3.43. The number of halogens is 2. The highest BCUT2D eigenvalue weighted by Gasteiger charge is 2.25. The molecule has 1 saturated heterocycles. The zero-order chi connectivity index (χ0) is 13.0. The van der Waals surface area contributed by atoms with Crippen molar-refractivity contribution in [3.63, 3.8) is 0 Å². The molecule has 0 aromatic carbocycles. The minimum atomic E-state index is -0.0420. The average molecular weight is 381 g/mol. The van der Waals surface area contributed by atoms with E-state index in [1.54, 1.807) is 12.1 Å². The summed E-state index contributed by atoms with van der Waals surface area (Å²) in [4.78, 5) is 13.9. The molecule has 1 amide bonds. The van der Waals surface area contributed by atoms with Crippen LogP contribution in [0.2, 0.25) is 0 Å². The van der Waals surface area contributed by atoms with Gasteiger partial charge in [0.25, 0.3) is 5.91 Å². The minimum Gasteiger partial charge on any atom is -0.444 e. The second kappa shape index (κ2) is 6.73. The van der Waals surface area contributed by atoms with Crippen LogP contribution in [0.5, 0.6) is 0 Å². The zero-order valence-electron chi connectivity index (χ0n) is 9.90. The predicted molar refractivity (Wildman–Crippen MR) is 75.1 cm³/mol. The van der Waals surface area contributed by atoms with E-state index < -0.39 is 0 Å². The number of alkyl halides is 1. The number of likely N-dealkylation sites (tertiary alicyclic amines) is 1. The van der Waals surface area contributed by atoms with Gasteiger partial charge in [0.1, 0.15) is 0 Å². The fraction of sp³-hybridized carbons (Fsp3) is 0.583. The third kappa shape index (κ3) is 3.59. The van der Waals surface area contributed by atoms with E-state index in [9.17, 15) is 4.79 Å². The van der Waals surface area contributed by atoms with Crippen molar-refractivity contribution in [2.75, 3.05) is 25.0 Å². The van der Waals surface area contributed by atoms with E-state index in [4.69, 9.17) is 9.15 Å². The molecule has 2 rings (SSSR count). The van der Waals surface area contributed by atoms with Gasteiger partial charge in [0.05, 0.1) is 12.7 Å². The number of hydrogen-bond acceptors (Lipinski definition) is 3. The van der Waals surface area contributed by atoms with Crippen molar-refractivity contribution < 1.29 is 13.9 Å². The Kier molecular flexibility index (Phi) is 5.26. The van der Waals surface area contributed by atoms with Gasteiger partial charge in [-0.25, -0.2) is 0 Å². The maximum Gasteiger partial charge on any atom is 0.289 e. The standard InChI is InChI=1S/C12H15Br2NO3/c13-5-8-17-9-3-6-15(7-4-9)12(16)10-1-2-11(14)18-10/h1-2,9H,3-8H2. The fourth-order valence-electron chi connectivity index (χ4n) is 2.02. The largest absolute Gasteiger partial charge is 0.444 e. The van der Waals surface area contributed by atoms with Gasteiger partial charge in [0.15, 0.2) is 10.4 Å². The molecule has 0 saturated carbocycles. The molecular weight excluding hydrogens is 366 g/mol. The summed E-state index contributed by atoms with van der Waals surface area (Å²) in [5, 5.41) is 0.854. The van der Waals surface area contributed by atoms with Gasteiger partial charge in [-0.15, -0.1) is 0 Å². The first-order chi connectivity index (χ1) is 8.70. The first-order valence-electron chi connectivity index (χ1n) is 5.93. The van der Waals surface area contributed by atoms with Crippen LogP contribution in [0.15, 0.2) is 21.2 Å². The Bertz CT molecular complexity index is 400. The Labute approximate surface area is 123 Å². The van der Waals surface area contributed by atoms with Crippen LogP contribution < -0.4 is 0 Å². The van der Waals surface area contributed by atoms with E-state index in [0.29, 0.717) is 10.4 Å². The average Bonchev–Trinajstić information content (AvgIpc) is 2.83. The van der Waals surface area contributed by atoms with Crippen LogP contribution >= 0.6 is 31.9 Å². The summed E-state index contributed by atoms with van der Waals surface area (Å²) < 4.78 is 11.5. The number of furan rings is 1. The van der Waals surface area contributed by atoms with Crippen molar-refractivity contribution >= 4 is 37.8 Å². The van der Waals surface area contributed by atoms with Crippen LogP contribution in [-0.2, 0) is 4.74 Å². The molecule has 0 N–H and O–H groups in total. The molecule has 6 heteroatoms. The van der Waals surface area contributed by atoms with Gasteiger partial charge in [0.2, 0.25) is 0 Å². The van der Waals surface area contributed by atoms with Crippen molar-refractivity contribution in [1.29, 1.82) is 0 Å². The van der Waals surface area contributed by atoms with Crippen molar-refractivity contribution in [1.82, 2.24) is 4.90 Å². The molecule has 1 aromatic rings. The molecule has 0 radical (unpaired) electrons. The second-order valence-electron chi connectivity index (χ2n) is 4.16. The molecule has 1 aromatic heterocycles. The van der Waals surface area contributed by atoms with Gasteiger partial charge in [-0.2, -0.15) is 0 Å². The number of piperidine rings is 1. The van der Waals surface area contributed by atoms with E-state index in [1.807, 2.05) is 4.90 Å². The van der Waals surface area contributed by atoms with Crippen molar-refractivity contribution in [2.45, 2.75) is 18.9 Å². The third-order valence-electron chi connectivity index (χ3n) is 2.94. The highest BCUT2D eigenvalue weighted by Crippen LogP contribution is 2.19. The van der Waals surface area contributed by atoms with Crippen LogP contribution in [-0.4, -0.2) is 41.9 Å². The minimum absolute atomic E-state index is 0.0420. The van der Waals surface area contributed by atoms with Crippen LogP contribution in [0, 0.1) is 0 Å². The number of carbonyl (C=O) groups excluding carboxylic acids is 1. The normalized spacial score (nSPS) is 17.1. The van der Waals surface area contributed by atoms with Gasteiger partial charge < -0.3 is 14.1 Å². The molecule has 0 aliphatic carbocycles. The fourth-order valence-corrected chi connectivity index (χ4v) is 2.52. The highest BCUT2D eigenvalue weighted by atomic mass is 79.9. The van der Waals surface area contributed by atoms with E-state index in [0.717, 1.165) is 37.9 Å². The lowest BCUT2D eigenvalue weighted by molar-refractivity contribution is 0.0150. The quantitative estimate of drug-likeness (QED) is 0.754. The molecule has 100 valence electrons. The molecule has 1 aliphatic heterocycles. The number of ether oxygens (including phenoxy) is 1. The topological polar surface area (TPSA) is 42.7 Å². The van der Waals surface area contributed by atoms with Gasteiger partial charge >= 0.3 is 0 Å². The lowest BCUT2D eigenvalue weighted by Gasteiger charge is -2.31. The van der Waals surface area contributed by atoms with E-state index >= 15 is 0 Å². The van der Waals surface area contributed by atoms with Gasteiger partial charge in [-0.05, 0) is 40.9 Å². The molecule has 0 atom stereocenters. The van der Waals surface area contributed by atoms with Crippen molar-refractivity contribution in [2.24, 2.45) is 0 Å². The molecular formula is C12H15Br2NO3. The van der Waals surface area contributed by atoms with Gasteiger partial charge in [0, 0.05) is 18.4 Å². The molecule has 0 unspecified atom stereocenters. The highest BCUT2D eigenvalue weighted by molar-refractivity contribution is 9.10. The van der Waals surface area contributed by atoms with Crippen LogP contribution in [0.3, 0.4) is 0 Å².